The summed E-state index contributed by atoms with van der Waals surface area (Å²) in [6.45, 7) is 5.02. The summed E-state index contributed by atoms with van der Waals surface area (Å²) in [5, 5.41) is 7.49. The Morgan fingerprint density at radius 1 is 1.29 bits per heavy atom. The summed E-state index contributed by atoms with van der Waals surface area (Å²) in [6, 6.07) is 3.43. The third-order valence-corrected chi connectivity index (χ3v) is 2.18. The van der Waals surface area contributed by atoms with Crippen LogP contribution in [0.15, 0.2) is 12.1 Å². The molecule has 0 radical (unpaired) electrons. The van der Waals surface area contributed by atoms with Gasteiger partial charge in [-0.05, 0) is 38.5 Å². The molecule has 3 heteroatoms. The minimum absolute atomic E-state index is 0.00463. The summed E-state index contributed by atoms with van der Waals surface area (Å²) < 4.78 is 0. The van der Waals surface area contributed by atoms with Gasteiger partial charge in [-0.1, -0.05) is 0 Å². The Balaban J connectivity index is 3.42. The minimum atomic E-state index is 0.00463. The summed E-state index contributed by atoms with van der Waals surface area (Å²) in [7, 11) is 0. The fraction of sp³-hybridized carbons (Fsp3) is 0.273. The van der Waals surface area contributed by atoms with Crippen LogP contribution in [0.4, 0.5) is 5.69 Å². The summed E-state index contributed by atoms with van der Waals surface area (Å²) >= 11 is 0. The number of aryl methyl sites for hydroxylation is 1. The second-order valence-corrected chi connectivity index (χ2v) is 3.44. The van der Waals surface area contributed by atoms with E-state index in [9.17, 15) is 4.79 Å². The summed E-state index contributed by atoms with van der Waals surface area (Å²) in [5.41, 5.74) is 8.81. The van der Waals surface area contributed by atoms with E-state index < -0.39 is 0 Å². The highest BCUT2D eigenvalue weighted by atomic mass is 16.1. The third kappa shape index (κ3) is 1.82. The molecule has 0 aliphatic heterocycles. The molecule has 74 valence electrons. The van der Waals surface area contributed by atoms with Crippen molar-refractivity contribution in [3.63, 3.8) is 0 Å². The number of anilines is 1. The van der Waals surface area contributed by atoms with Crippen molar-refractivity contribution in [1.82, 2.24) is 0 Å². The Kier molecular flexibility index (Phi) is 2.70. The molecule has 0 unspecified atom stereocenters. The lowest BCUT2D eigenvalue weighted by Gasteiger charge is -2.08. The van der Waals surface area contributed by atoms with E-state index in [1.165, 1.54) is 6.92 Å². The van der Waals surface area contributed by atoms with Gasteiger partial charge in [-0.2, -0.15) is 0 Å². The fourth-order valence-corrected chi connectivity index (χ4v) is 1.43. The molecule has 0 aliphatic carbocycles. The third-order valence-electron chi connectivity index (χ3n) is 2.18. The number of ketones is 1. The average Bonchev–Trinajstić information content (AvgIpc) is 2.02. The molecule has 1 rings (SSSR count). The van der Waals surface area contributed by atoms with E-state index in [2.05, 4.69) is 0 Å². The first-order valence-corrected chi connectivity index (χ1v) is 4.40. The molecule has 3 N–H and O–H groups in total. The van der Waals surface area contributed by atoms with Crippen molar-refractivity contribution in [2.75, 3.05) is 5.73 Å². The topological polar surface area (TPSA) is 66.9 Å². The Morgan fingerprint density at radius 3 is 2.29 bits per heavy atom. The van der Waals surface area contributed by atoms with Crippen molar-refractivity contribution in [2.45, 2.75) is 20.8 Å². The van der Waals surface area contributed by atoms with Crippen LogP contribution in [-0.2, 0) is 0 Å². The zero-order valence-electron chi connectivity index (χ0n) is 8.64. The summed E-state index contributed by atoms with van der Waals surface area (Å²) in [4.78, 5) is 11.2. The molecule has 0 amide bonds. The van der Waals surface area contributed by atoms with Crippen LogP contribution >= 0.6 is 0 Å². The molecule has 0 atom stereocenters. The molecule has 1 aromatic rings. The number of carbonyl (C=O) groups is 1. The highest BCUT2D eigenvalue weighted by Crippen LogP contribution is 2.19. The van der Waals surface area contributed by atoms with Crippen molar-refractivity contribution in [3.05, 3.63) is 28.8 Å². The normalized spacial score (nSPS) is 9.93. The van der Waals surface area contributed by atoms with Crippen molar-refractivity contribution < 1.29 is 4.79 Å². The maximum atomic E-state index is 11.2. The van der Waals surface area contributed by atoms with Crippen molar-refractivity contribution in [2.24, 2.45) is 0 Å². The van der Waals surface area contributed by atoms with Crippen LogP contribution in [0.2, 0.25) is 0 Å². The van der Waals surface area contributed by atoms with Gasteiger partial charge < -0.3 is 11.1 Å². The van der Waals surface area contributed by atoms with Crippen LogP contribution in [0.5, 0.6) is 0 Å². The first kappa shape index (κ1) is 10.4. The molecule has 0 fully saturated rings. The minimum Gasteiger partial charge on any atom is -0.398 e. The van der Waals surface area contributed by atoms with Gasteiger partial charge >= 0.3 is 0 Å². The predicted molar refractivity (Wildman–Crippen MR) is 58.1 cm³/mol. The number of nitrogens with one attached hydrogen (secondary N) is 1. The zero-order valence-corrected chi connectivity index (χ0v) is 8.64. The lowest BCUT2D eigenvalue weighted by atomic mass is 9.98. The van der Waals surface area contributed by atoms with Crippen LogP contribution in [-0.4, -0.2) is 11.5 Å². The standard InChI is InChI=1S/C11H14N2O/c1-6-4-11(13)10(7(2)12)5-9(6)8(3)14/h4-5,12H,13H2,1-3H3. The van der Waals surface area contributed by atoms with Gasteiger partial charge in [-0.25, -0.2) is 0 Å². The maximum absolute atomic E-state index is 11.2. The van der Waals surface area contributed by atoms with Gasteiger partial charge in [-0.3, -0.25) is 4.79 Å². The smallest absolute Gasteiger partial charge is 0.160 e. The molecular weight excluding hydrogens is 176 g/mol. The molecule has 14 heavy (non-hydrogen) atoms. The first-order chi connectivity index (χ1) is 6.43. The van der Waals surface area contributed by atoms with Crippen molar-refractivity contribution >= 4 is 17.2 Å². The van der Waals surface area contributed by atoms with Gasteiger partial charge in [0, 0.05) is 22.5 Å². The van der Waals surface area contributed by atoms with E-state index in [4.69, 9.17) is 11.1 Å². The van der Waals surface area contributed by atoms with E-state index in [-0.39, 0.29) is 5.78 Å². The molecule has 0 saturated heterocycles. The number of hydrogen-bond acceptors (Lipinski definition) is 3. The SMILES string of the molecule is CC(=N)c1cc(C(C)=O)c(C)cc1N. The van der Waals surface area contributed by atoms with Crippen molar-refractivity contribution in [3.8, 4) is 0 Å². The lowest BCUT2D eigenvalue weighted by molar-refractivity contribution is 0.101. The maximum Gasteiger partial charge on any atom is 0.160 e. The number of rotatable bonds is 2. The molecule has 0 aromatic heterocycles. The number of nitrogens with two attached hydrogens (primary N) is 1. The van der Waals surface area contributed by atoms with Crippen molar-refractivity contribution in [1.29, 1.82) is 5.41 Å². The van der Waals surface area contributed by atoms with E-state index in [0.29, 0.717) is 22.5 Å². The molecule has 0 spiro atoms. The molecule has 0 heterocycles. The number of Topliss-reactive ketones (excluding diaryl/α,β-unsaturated/α-hetero) is 1. The highest BCUT2D eigenvalue weighted by molar-refractivity contribution is 6.05. The van der Waals surface area contributed by atoms with Gasteiger partial charge in [0.05, 0.1) is 0 Å². The quantitative estimate of drug-likeness (QED) is 0.426. The number of benzene rings is 1. The molecular formula is C11H14N2O. The van der Waals surface area contributed by atoms with E-state index in [1.54, 1.807) is 19.1 Å². The number of hydrogen-bond donors (Lipinski definition) is 2. The monoisotopic (exact) mass is 190 g/mol. The largest absolute Gasteiger partial charge is 0.398 e. The number of carbonyl (C=O) groups excluding carboxylic acids is 1. The molecule has 0 bridgehead atoms. The zero-order chi connectivity index (χ0) is 10.9. The Morgan fingerprint density at radius 2 is 1.86 bits per heavy atom. The lowest BCUT2D eigenvalue weighted by Crippen LogP contribution is -2.05. The molecule has 0 aliphatic rings. The number of nitrogen functional groups attached to an aromatic ring is 1. The first-order valence-electron chi connectivity index (χ1n) is 4.40. The molecule has 0 saturated carbocycles. The summed E-state index contributed by atoms with van der Waals surface area (Å²) in [5.74, 6) is 0.00463. The van der Waals surface area contributed by atoms with Gasteiger partial charge in [0.15, 0.2) is 5.78 Å². The predicted octanol–water partition coefficient (Wildman–Crippen LogP) is 2.17. The van der Waals surface area contributed by atoms with Crippen LogP contribution in [0.3, 0.4) is 0 Å². The van der Waals surface area contributed by atoms with Gasteiger partial charge in [0.1, 0.15) is 0 Å². The van der Waals surface area contributed by atoms with Gasteiger partial charge in [-0.15, -0.1) is 0 Å². The van der Waals surface area contributed by atoms with Crippen LogP contribution < -0.4 is 5.73 Å². The van der Waals surface area contributed by atoms with Crippen LogP contribution in [0.25, 0.3) is 0 Å². The van der Waals surface area contributed by atoms with Gasteiger partial charge in [0.25, 0.3) is 0 Å². The van der Waals surface area contributed by atoms with E-state index >= 15 is 0 Å². The average molecular weight is 190 g/mol. The van der Waals surface area contributed by atoms with Crippen LogP contribution in [0, 0.1) is 12.3 Å². The second kappa shape index (κ2) is 3.62. The van der Waals surface area contributed by atoms with E-state index in [0.717, 1.165) is 5.56 Å². The molecule has 3 nitrogen and oxygen atoms in total. The van der Waals surface area contributed by atoms with Crippen LogP contribution in [0.1, 0.15) is 35.3 Å². The second-order valence-electron chi connectivity index (χ2n) is 3.44. The Labute approximate surface area is 83.4 Å². The van der Waals surface area contributed by atoms with E-state index in [1.807, 2.05) is 6.92 Å². The highest BCUT2D eigenvalue weighted by Gasteiger charge is 2.09. The Bertz CT molecular complexity index is 373. The Hall–Kier alpha value is -1.64. The van der Waals surface area contributed by atoms with Gasteiger partial charge in [0.2, 0.25) is 0 Å². The molecule has 1 aromatic carbocycles. The summed E-state index contributed by atoms with van der Waals surface area (Å²) in [6.07, 6.45) is 0. The fourth-order valence-electron chi connectivity index (χ4n) is 1.43.